The second-order valence-corrected chi connectivity index (χ2v) is 4.67. The molecule has 86 valence electrons. The van der Waals surface area contributed by atoms with E-state index in [1.165, 1.54) is 5.39 Å². The van der Waals surface area contributed by atoms with Crippen molar-refractivity contribution in [2.24, 2.45) is 5.92 Å². The van der Waals surface area contributed by atoms with Gasteiger partial charge in [-0.2, -0.15) is 5.10 Å². The largest absolute Gasteiger partial charge is 0.392 e. The summed E-state index contributed by atoms with van der Waals surface area (Å²) in [4.78, 5) is 0. The molecule has 0 atom stereocenters. The third kappa shape index (κ3) is 1.95. The summed E-state index contributed by atoms with van der Waals surface area (Å²) in [6, 6.07) is 6.02. The Hall–Kier alpha value is -1.35. The average molecular weight is 218 g/mol. The van der Waals surface area contributed by atoms with Gasteiger partial charge in [0.2, 0.25) is 0 Å². The Bertz CT molecular complexity index is 500. The Kier molecular flexibility index (Phi) is 2.97. The summed E-state index contributed by atoms with van der Waals surface area (Å²) in [6.07, 6.45) is 0. The topological polar surface area (TPSA) is 38.0 Å². The summed E-state index contributed by atoms with van der Waals surface area (Å²) < 4.78 is 2.04. The Morgan fingerprint density at radius 3 is 2.75 bits per heavy atom. The molecular formula is C13H18N2O. The highest BCUT2D eigenvalue weighted by atomic mass is 16.3. The van der Waals surface area contributed by atoms with Gasteiger partial charge < -0.3 is 5.11 Å². The first-order valence-corrected chi connectivity index (χ1v) is 5.68. The minimum Gasteiger partial charge on any atom is -0.392 e. The van der Waals surface area contributed by atoms with Gasteiger partial charge in [-0.25, -0.2) is 0 Å². The molecule has 0 saturated heterocycles. The lowest BCUT2D eigenvalue weighted by molar-refractivity contribution is 0.282. The van der Waals surface area contributed by atoms with Crippen LogP contribution < -0.4 is 0 Å². The first-order valence-electron chi connectivity index (χ1n) is 5.68. The van der Waals surface area contributed by atoms with E-state index in [2.05, 4.69) is 18.9 Å². The maximum absolute atomic E-state index is 9.15. The number of nitrogens with zero attached hydrogens (tertiary/aromatic N) is 2. The lowest BCUT2D eigenvalue weighted by Gasteiger charge is -2.06. The monoisotopic (exact) mass is 218 g/mol. The highest BCUT2D eigenvalue weighted by Crippen LogP contribution is 2.20. The van der Waals surface area contributed by atoms with E-state index in [4.69, 9.17) is 5.11 Å². The van der Waals surface area contributed by atoms with Crippen molar-refractivity contribution in [1.82, 2.24) is 9.78 Å². The van der Waals surface area contributed by atoms with Crippen LogP contribution >= 0.6 is 0 Å². The summed E-state index contributed by atoms with van der Waals surface area (Å²) in [7, 11) is 0. The van der Waals surface area contributed by atoms with E-state index in [1.807, 2.05) is 29.8 Å². The second-order valence-electron chi connectivity index (χ2n) is 4.67. The van der Waals surface area contributed by atoms with Crippen molar-refractivity contribution in [1.29, 1.82) is 0 Å². The van der Waals surface area contributed by atoms with E-state index >= 15 is 0 Å². The molecule has 0 aliphatic rings. The van der Waals surface area contributed by atoms with Crippen LogP contribution in [0.4, 0.5) is 0 Å². The molecule has 1 aromatic heterocycles. The standard InChI is InChI=1S/C13H18N2O/c1-9(2)7-15-13-6-11(8-16)4-5-12(13)10(3)14-15/h4-6,9,16H,7-8H2,1-3H3. The highest BCUT2D eigenvalue weighted by Gasteiger charge is 2.08. The maximum atomic E-state index is 9.15. The molecule has 0 aliphatic heterocycles. The molecule has 1 aromatic carbocycles. The van der Waals surface area contributed by atoms with Crippen molar-refractivity contribution < 1.29 is 5.11 Å². The number of aliphatic hydroxyl groups is 1. The lowest BCUT2D eigenvalue weighted by atomic mass is 10.1. The summed E-state index contributed by atoms with van der Waals surface area (Å²) in [5, 5.41) is 14.9. The smallest absolute Gasteiger partial charge is 0.0688 e. The van der Waals surface area contributed by atoms with Crippen molar-refractivity contribution in [2.45, 2.75) is 33.9 Å². The van der Waals surface area contributed by atoms with Gasteiger partial charge in [-0.05, 0) is 24.5 Å². The van der Waals surface area contributed by atoms with Gasteiger partial charge in [-0.3, -0.25) is 4.68 Å². The molecule has 0 saturated carbocycles. The van der Waals surface area contributed by atoms with Crippen LogP contribution in [0.15, 0.2) is 18.2 Å². The predicted molar refractivity (Wildman–Crippen MR) is 65.2 cm³/mol. The number of hydrogen-bond acceptors (Lipinski definition) is 2. The van der Waals surface area contributed by atoms with E-state index in [0.717, 1.165) is 23.3 Å². The van der Waals surface area contributed by atoms with Crippen LogP contribution in [0, 0.1) is 12.8 Å². The summed E-state index contributed by atoms with van der Waals surface area (Å²) in [5.41, 5.74) is 3.12. The SMILES string of the molecule is Cc1nn(CC(C)C)c2cc(CO)ccc12. The van der Waals surface area contributed by atoms with Crippen molar-refractivity contribution in [3.63, 3.8) is 0 Å². The van der Waals surface area contributed by atoms with Gasteiger partial charge in [0, 0.05) is 11.9 Å². The molecule has 0 aliphatic carbocycles. The molecule has 1 heterocycles. The van der Waals surface area contributed by atoms with Gasteiger partial charge in [-0.15, -0.1) is 0 Å². The van der Waals surface area contributed by atoms with Crippen LogP contribution in [0.3, 0.4) is 0 Å². The van der Waals surface area contributed by atoms with Gasteiger partial charge in [0.15, 0.2) is 0 Å². The number of aromatic nitrogens is 2. The minimum atomic E-state index is 0.0852. The number of benzene rings is 1. The number of hydrogen-bond donors (Lipinski definition) is 1. The second kappa shape index (κ2) is 4.26. The Morgan fingerprint density at radius 1 is 1.38 bits per heavy atom. The molecule has 0 fully saturated rings. The van der Waals surface area contributed by atoms with E-state index in [-0.39, 0.29) is 6.61 Å². The Morgan fingerprint density at radius 2 is 2.12 bits per heavy atom. The van der Waals surface area contributed by atoms with E-state index < -0.39 is 0 Å². The summed E-state index contributed by atoms with van der Waals surface area (Å²) >= 11 is 0. The molecule has 3 nitrogen and oxygen atoms in total. The third-order valence-electron chi connectivity index (χ3n) is 2.72. The molecule has 2 aromatic rings. The van der Waals surface area contributed by atoms with Crippen molar-refractivity contribution >= 4 is 10.9 Å². The molecule has 0 radical (unpaired) electrons. The fourth-order valence-electron chi connectivity index (χ4n) is 1.97. The van der Waals surface area contributed by atoms with Gasteiger partial charge in [0.05, 0.1) is 17.8 Å². The number of aryl methyl sites for hydroxylation is 1. The van der Waals surface area contributed by atoms with E-state index in [0.29, 0.717) is 5.92 Å². The first kappa shape index (κ1) is 11.1. The molecular weight excluding hydrogens is 200 g/mol. The van der Waals surface area contributed by atoms with Crippen molar-refractivity contribution in [2.75, 3.05) is 0 Å². The summed E-state index contributed by atoms with van der Waals surface area (Å²) in [5.74, 6) is 0.570. The Balaban J connectivity index is 2.56. The fraction of sp³-hybridized carbons (Fsp3) is 0.462. The average Bonchev–Trinajstić information content (AvgIpc) is 2.54. The quantitative estimate of drug-likeness (QED) is 0.859. The fourth-order valence-corrected chi connectivity index (χ4v) is 1.97. The van der Waals surface area contributed by atoms with Gasteiger partial charge in [-0.1, -0.05) is 26.0 Å². The maximum Gasteiger partial charge on any atom is 0.0688 e. The van der Waals surface area contributed by atoms with Gasteiger partial charge >= 0.3 is 0 Å². The zero-order chi connectivity index (χ0) is 11.7. The number of rotatable bonds is 3. The molecule has 1 N–H and O–H groups in total. The number of aliphatic hydroxyl groups excluding tert-OH is 1. The van der Waals surface area contributed by atoms with Crippen LogP contribution in [0.1, 0.15) is 25.1 Å². The predicted octanol–water partition coefficient (Wildman–Crippen LogP) is 2.49. The molecule has 0 bridgehead atoms. The zero-order valence-corrected chi connectivity index (χ0v) is 10.1. The first-order chi connectivity index (χ1) is 7.61. The van der Waals surface area contributed by atoms with Crippen LogP contribution in [-0.2, 0) is 13.2 Å². The zero-order valence-electron chi connectivity index (χ0n) is 10.1. The minimum absolute atomic E-state index is 0.0852. The summed E-state index contributed by atoms with van der Waals surface area (Å²) in [6.45, 7) is 7.39. The van der Waals surface area contributed by atoms with Crippen LogP contribution in [-0.4, -0.2) is 14.9 Å². The molecule has 3 heteroatoms. The molecule has 16 heavy (non-hydrogen) atoms. The molecule has 0 amide bonds. The molecule has 0 spiro atoms. The Labute approximate surface area is 95.7 Å². The van der Waals surface area contributed by atoms with E-state index in [1.54, 1.807) is 0 Å². The normalized spacial score (nSPS) is 11.6. The van der Waals surface area contributed by atoms with Crippen LogP contribution in [0.25, 0.3) is 10.9 Å². The molecule has 2 rings (SSSR count). The van der Waals surface area contributed by atoms with Gasteiger partial charge in [0.1, 0.15) is 0 Å². The number of fused-ring (bicyclic) bond motifs is 1. The van der Waals surface area contributed by atoms with Crippen LogP contribution in [0.5, 0.6) is 0 Å². The van der Waals surface area contributed by atoms with Gasteiger partial charge in [0.25, 0.3) is 0 Å². The highest BCUT2D eigenvalue weighted by molar-refractivity contribution is 5.82. The van der Waals surface area contributed by atoms with E-state index in [9.17, 15) is 0 Å². The molecule has 0 unspecified atom stereocenters. The van der Waals surface area contributed by atoms with Crippen LogP contribution in [0.2, 0.25) is 0 Å². The lowest BCUT2D eigenvalue weighted by Crippen LogP contribution is -2.06. The van der Waals surface area contributed by atoms with Crippen molar-refractivity contribution in [3.05, 3.63) is 29.5 Å². The third-order valence-corrected chi connectivity index (χ3v) is 2.72. The van der Waals surface area contributed by atoms with Crippen molar-refractivity contribution in [3.8, 4) is 0 Å².